The molecule has 0 fully saturated rings. The molecule has 78 valence electrons. The highest BCUT2D eigenvalue weighted by molar-refractivity contribution is 9.11. The summed E-state index contributed by atoms with van der Waals surface area (Å²) in [4.78, 5) is 0. The molecular formula is C10H11Br2ClO. The van der Waals surface area contributed by atoms with Gasteiger partial charge in [-0.25, -0.2) is 0 Å². The van der Waals surface area contributed by atoms with E-state index in [-0.39, 0.29) is 0 Å². The van der Waals surface area contributed by atoms with Crippen LogP contribution in [0.1, 0.15) is 6.92 Å². The van der Waals surface area contributed by atoms with Gasteiger partial charge in [0.2, 0.25) is 0 Å². The van der Waals surface area contributed by atoms with Gasteiger partial charge < -0.3 is 4.74 Å². The van der Waals surface area contributed by atoms with Gasteiger partial charge in [-0.05, 0) is 44.0 Å². The van der Waals surface area contributed by atoms with Crippen LogP contribution in [0, 0.1) is 5.92 Å². The van der Waals surface area contributed by atoms with E-state index in [1.807, 2.05) is 18.2 Å². The lowest BCUT2D eigenvalue weighted by molar-refractivity contribution is 0.269. The number of benzene rings is 1. The normalized spacial score (nSPS) is 12.6. The van der Waals surface area contributed by atoms with Crippen LogP contribution >= 0.6 is 43.5 Å². The summed E-state index contributed by atoms with van der Waals surface area (Å²) in [6.07, 6.45) is 0. The second-order valence-corrected chi connectivity index (χ2v) is 5.14. The van der Waals surface area contributed by atoms with Crippen molar-refractivity contribution in [2.45, 2.75) is 6.92 Å². The summed E-state index contributed by atoms with van der Waals surface area (Å²) in [5.41, 5.74) is 0. The van der Waals surface area contributed by atoms with E-state index in [1.54, 1.807) is 0 Å². The number of alkyl halides is 1. The van der Waals surface area contributed by atoms with Gasteiger partial charge in [0, 0.05) is 11.8 Å². The summed E-state index contributed by atoms with van der Waals surface area (Å²) in [6, 6.07) is 5.85. The minimum absolute atomic E-state index is 0.357. The molecule has 1 unspecified atom stereocenters. The van der Waals surface area contributed by atoms with Crippen molar-refractivity contribution in [3.8, 4) is 5.75 Å². The zero-order valence-electron chi connectivity index (χ0n) is 7.77. The summed E-state index contributed by atoms with van der Waals surface area (Å²) in [5, 5.41) is 0. The summed E-state index contributed by atoms with van der Waals surface area (Å²) in [6.45, 7) is 2.68. The van der Waals surface area contributed by atoms with E-state index in [2.05, 4.69) is 38.8 Å². The molecule has 0 heterocycles. The molecule has 4 heteroatoms. The average Bonchev–Trinajstić information content (AvgIpc) is 2.16. The predicted molar refractivity (Wildman–Crippen MR) is 67.2 cm³/mol. The Hall–Kier alpha value is 0.270. The molecule has 0 aliphatic heterocycles. The lowest BCUT2D eigenvalue weighted by Gasteiger charge is -2.12. The van der Waals surface area contributed by atoms with Crippen LogP contribution in [0.15, 0.2) is 27.1 Å². The first kappa shape index (κ1) is 12.3. The molecule has 0 amide bonds. The van der Waals surface area contributed by atoms with Crippen molar-refractivity contribution in [3.63, 3.8) is 0 Å². The van der Waals surface area contributed by atoms with Crippen LogP contribution in [-0.2, 0) is 0 Å². The number of ether oxygens (including phenoxy) is 1. The van der Waals surface area contributed by atoms with E-state index in [1.165, 1.54) is 0 Å². The molecule has 0 aliphatic carbocycles. The van der Waals surface area contributed by atoms with E-state index >= 15 is 0 Å². The van der Waals surface area contributed by atoms with Crippen LogP contribution in [0.5, 0.6) is 5.75 Å². The second kappa shape index (κ2) is 5.99. The number of rotatable bonds is 4. The largest absolute Gasteiger partial charge is 0.491 e. The van der Waals surface area contributed by atoms with Crippen LogP contribution in [-0.4, -0.2) is 12.5 Å². The van der Waals surface area contributed by atoms with Crippen LogP contribution in [0.25, 0.3) is 0 Å². The minimum Gasteiger partial charge on any atom is -0.491 e. The number of hydrogen-bond acceptors (Lipinski definition) is 1. The van der Waals surface area contributed by atoms with Gasteiger partial charge in [0.15, 0.2) is 0 Å². The van der Waals surface area contributed by atoms with E-state index < -0.39 is 0 Å². The number of halogens is 3. The molecule has 1 atom stereocenters. The van der Waals surface area contributed by atoms with E-state index in [0.717, 1.165) is 14.7 Å². The second-order valence-electron chi connectivity index (χ2n) is 3.12. The fraction of sp³-hybridized carbons (Fsp3) is 0.400. The maximum Gasteiger partial charge on any atom is 0.147 e. The molecular weight excluding hydrogens is 331 g/mol. The SMILES string of the molecule is CC(CCl)COc1c(Br)cccc1Br. The van der Waals surface area contributed by atoms with Crippen LogP contribution in [0.2, 0.25) is 0 Å². The zero-order chi connectivity index (χ0) is 10.6. The maximum atomic E-state index is 5.69. The lowest BCUT2D eigenvalue weighted by atomic mass is 10.2. The monoisotopic (exact) mass is 340 g/mol. The molecule has 0 N–H and O–H groups in total. The third-order valence-corrected chi connectivity index (χ3v) is 3.47. The first-order valence-electron chi connectivity index (χ1n) is 4.28. The van der Waals surface area contributed by atoms with Crippen molar-refractivity contribution in [1.29, 1.82) is 0 Å². The van der Waals surface area contributed by atoms with E-state index in [9.17, 15) is 0 Å². The zero-order valence-corrected chi connectivity index (χ0v) is 11.7. The Balaban J connectivity index is 2.66. The third-order valence-electron chi connectivity index (χ3n) is 1.69. The third kappa shape index (κ3) is 3.44. The topological polar surface area (TPSA) is 9.23 Å². The molecule has 0 saturated carbocycles. The van der Waals surface area contributed by atoms with Gasteiger partial charge in [-0.3, -0.25) is 0 Å². The Morgan fingerprint density at radius 3 is 2.43 bits per heavy atom. The first-order chi connectivity index (χ1) is 6.65. The summed E-state index contributed by atoms with van der Waals surface area (Å²) < 4.78 is 7.55. The standard InChI is InChI=1S/C10H11Br2ClO/c1-7(5-13)6-14-10-8(11)3-2-4-9(10)12/h2-4,7H,5-6H2,1H3. The molecule has 0 aromatic heterocycles. The molecule has 0 radical (unpaired) electrons. The Morgan fingerprint density at radius 1 is 1.36 bits per heavy atom. The van der Waals surface area contributed by atoms with Gasteiger partial charge in [0.1, 0.15) is 5.75 Å². The van der Waals surface area contributed by atoms with Gasteiger partial charge in [-0.1, -0.05) is 13.0 Å². The lowest BCUT2D eigenvalue weighted by Crippen LogP contribution is -2.10. The Bertz CT molecular complexity index is 284. The smallest absolute Gasteiger partial charge is 0.147 e. The van der Waals surface area contributed by atoms with Gasteiger partial charge in [-0.15, -0.1) is 11.6 Å². The summed E-state index contributed by atoms with van der Waals surface area (Å²) in [7, 11) is 0. The van der Waals surface area contributed by atoms with Crippen molar-refractivity contribution in [3.05, 3.63) is 27.1 Å². The number of para-hydroxylation sites is 1. The van der Waals surface area contributed by atoms with Gasteiger partial charge in [0.25, 0.3) is 0 Å². The van der Waals surface area contributed by atoms with Crippen molar-refractivity contribution < 1.29 is 4.74 Å². The fourth-order valence-corrected chi connectivity index (χ4v) is 2.21. The quantitative estimate of drug-likeness (QED) is 0.734. The van der Waals surface area contributed by atoms with Crippen molar-refractivity contribution >= 4 is 43.5 Å². The summed E-state index contributed by atoms with van der Waals surface area (Å²) in [5.74, 6) is 1.81. The van der Waals surface area contributed by atoms with E-state index in [4.69, 9.17) is 16.3 Å². The Morgan fingerprint density at radius 2 is 1.93 bits per heavy atom. The Labute approximate surface area is 106 Å². The Kier molecular flexibility index (Phi) is 5.28. The van der Waals surface area contributed by atoms with Crippen LogP contribution < -0.4 is 4.74 Å². The molecule has 14 heavy (non-hydrogen) atoms. The first-order valence-corrected chi connectivity index (χ1v) is 6.40. The molecule has 0 aliphatic rings. The van der Waals surface area contributed by atoms with Gasteiger partial charge in [0.05, 0.1) is 15.6 Å². The van der Waals surface area contributed by atoms with Crippen molar-refractivity contribution in [1.82, 2.24) is 0 Å². The maximum absolute atomic E-state index is 5.69. The predicted octanol–water partition coefficient (Wildman–Crippen LogP) is 4.47. The average molecular weight is 342 g/mol. The van der Waals surface area contributed by atoms with Crippen molar-refractivity contribution in [2.75, 3.05) is 12.5 Å². The highest BCUT2D eigenvalue weighted by Gasteiger charge is 2.07. The molecule has 1 aromatic carbocycles. The molecule has 0 saturated heterocycles. The van der Waals surface area contributed by atoms with Crippen LogP contribution in [0.3, 0.4) is 0 Å². The molecule has 0 spiro atoms. The molecule has 1 nitrogen and oxygen atoms in total. The fourth-order valence-electron chi connectivity index (χ4n) is 0.891. The van der Waals surface area contributed by atoms with E-state index in [0.29, 0.717) is 18.4 Å². The molecule has 0 bridgehead atoms. The van der Waals surface area contributed by atoms with Crippen LogP contribution in [0.4, 0.5) is 0 Å². The van der Waals surface area contributed by atoms with Gasteiger partial charge >= 0.3 is 0 Å². The summed E-state index contributed by atoms with van der Waals surface area (Å²) >= 11 is 12.6. The van der Waals surface area contributed by atoms with Crippen molar-refractivity contribution in [2.24, 2.45) is 5.92 Å². The molecule has 1 rings (SSSR count). The molecule has 1 aromatic rings. The number of hydrogen-bond donors (Lipinski definition) is 0. The highest BCUT2D eigenvalue weighted by atomic mass is 79.9. The minimum atomic E-state index is 0.357. The highest BCUT2D eigenvalue weighted by Crippen LogP contribution is 2.33. The van der Waals surface area contributed by atoms with Gasteiger partial charge in [-0.2, -0.15) is 0 Å².